The molecule has 3 nitrogen and oxygen atoms in total. The Labute approximate surface area is 89.1 Å². The molecule has 0 aliphatic carbocycles. The first-order valence-electron chi connectivity index (χ1n) is 4.33. The second-order valence-corrected chi connectivity index (χ2v) is 3.87. The van der Waals surface area contributed by atoms with E-state index in [2.05, 4.69) is 5.10 Å². The minimum atomic E-state index is -2.64. The van der Waals surface area contributed by atoms with Gasteiger partial charge in [0.15, 0.2) is 0 Å². The predicted molar refractivity (Wildman–Crippen MR) is 54.7 cm³/mol. The van der Waals surface area contributed by atoms with Gasteiger partial charge in [-0.1, -0.05) is 6.07 Å². The zero-order valence-electron chi connectivity index (χ0n) is 7.73. The molecular formula is C9H9F2N3S. The summed E-state index contributed by atoms with van der Waals surface area (Å²) in [6.07, 6.45) is 0. The van der Waals surface area contributed by atoms with Gasteiger partial charge in [-0.05, 0) is 17.5 Å². The van der Waals surface area contributed by atoms with Crippen LogP contribution in [0.2, 0.25) is 0 Å². The zero-order valence-corrected chi connectivity index (χ0v) is 8.55. The molecule has 0 saturated heterocycles. The zero-order chi connectivity index (χ0) is 10.8. The summed E-state index contributed by atoms with van der Waals surface area (Å²) in [5.74, 6) is 0. The van der Waals surface area contributed by atoms with Crippen LogP contribution in [0.5, 0.6) is 0 Å². The molecule has 0 amide bonds. The number of hydrogen-bond acceptors (Lipinski definition) is 3. The first-order chi connectivity index (χ1) is 7.22. The average molecular weight is 229 g/mol. The monoisotopic (exact) mass is 229 g/mol. The summed E-state index contributed by atoms with van der Waals surface area (Å²) >= 11 is 1.46. The largest absolute Gasteiger partial charge is 0.333 e. The first-order valence-corrected chi connectivity index (χ1v) is 5.21. The van der Waals surface area contributed by atoms with Crippen LogP contribution in [0, 0.1) is 0 Å². The van der Waals surface area contributed by atoms with E-state index >= 15 is 0 Å². The molecule has 0 aromatic carbocycles. The van der Waals surface area contributed by atoms with Crippen LogP contribution in [0.4, 0.5) is 8.78 Å². The molecule has 0 radical (unpaired) electrons. The highest BCUT2D eigenvalue weighted by Gasteiger charge is 2.15. The number of aromatic nitrogens is 2. The summed E-state index contributed by atoms with van der Waals surface area (Å²) < 4.78 is 25.7. The van der Waals surface area contributed by atoms with Gasteiger partial charge in [-0.25, -0.2) is 4.68 Å². The first kappa shape index (κ1) is 10.3. The van der Waals surface area contributed by atoms with Gasteiger partial charge in [0.25, 0.3) is 0 Å². The lowest BCUT2D eigenvalue weighted by Crippen LogP contribution is -2.09. The third kappa shape index (κ3) is 1.91. The minimum Gasteiger partial charge on any atom is -0.325 e. The second kappa shape index (κ2) is 4.08. The number of halogens is 2. The van der Waals surface area contributed by atoms with E-state index in [9.17, 15) is 8.78 Å². The molecule has 0 atom stereocenters. The molecule has 2 rings (SSSR count). The predicted octanol–water partition coefficient (Wildman–Crippen LogP) is 2.47. The Kier molecular flexibility index (Phi) is 2.79. The van der Waals surface area contributed by atoms with E-state index in [-0.39, 0.29) is 6.54 Å². The Morgan fingerprint density at radius 2 is 2.33 bits per heavy atom. The molecular weight excluding hydrogens is 220 g/mol. The lowest BCUT2D eigenvalue weighted by molar-refractivity contribution is 0.0537. The molecule has 80 valence electrons. The van der Waals surface area contributed by atoms with Crippen LogP contribution in [-0.4, -0.2) is 9.78 Å². The van der Waals surface area contributed by atoms with Crippen molar-refractivity contribution in [3.8, 4) is 10.6 Å². The maximum absolute atomic E-state index is 12.5. The molecule has 2 N–H and O–H groups in total. The fourth-order valence-corrected chi connectivity index (χ4v) is 1.98. The summed E-state index contributed by atoms with van der Waals surface area (Å²) in [4.78, 5) is 0.865. The number of nitrogens with two attached hydrogens (primary N) is 1. The molecule has 0 aliphatic heterocycles. The van der Waals surface area contributed by atoms with E-state index in [1.54, 1.807) is 6.07 Å². The van der Waals surface area contributed by atoms with Crippen LogP contribution in [0.1, 0.15) is 12.2 Å². The smallest absolute Gasteiger partial charge is 0.325 e. The number of alkyl halides is 2. The topological polar surface area (TPSA) is 43.8 Å². The highest BCUT2D eigenvalue weighted by molar-refractivity contribution is 7.13. The third-order valence-electron chi connectivity index (χ3n) is 1.98. The van der Waals surface area contributed by atoms with E-state index in [4.69, 9.17) is 5.73 Å². The van der Waals surface area contributed by atoms with Crippen molar-refractivity contribution in [2.75, 3.05) is 0 Å². The Hall–Kier alpha value is -1.27. The standard InChI is InChI=1S/C9H9F2N3S/c10-9(11)14-6(5-12)4-7(13-14)8-2-1-3-15-8/h1-4,9H,5,12H2. The fraction of sp³-hybridized carbons (Fsp3) is 0.222. The minimum absolute atomic E-state index is 0.0582. The molecule has 0 aliphatic rings. The van der Waals surface area contributed by atoms with Crippen molar-refractivity contribution in [1.29, 1.82) is 0 Å². The van der Waals surface area contributed by atoms with Gasteiger partial charge in [-0.15, -0.1) is 11.3 Å². The van der Waals surface area contributed by atoms with Crippen molar-refractivity contribution < 1.29 is 8.78 Å². The summed E-state index contributed by atoms with van der Waals surface area (Å²) in [7, 11) is 0. The highest BCUT2D eigenvalue weighted by Crippen LogP contribution is 2.25. The summed E-state index contributed by atoms with van der Waals surface area (Å²) in [6.45, 7) is -2.58. The van der Waals surface area contributed by atoms with E-state index < -0.39 is 6.55 Å². The van der Waals surface area contributed by atoms with E-state index in [1.807, 2.05) is 17.5 Å². The van der Waals surface area contributed by atoms with Crippen LogP contribution in [0.15, 0.2) is 23.6 Å². The molecule has 15 heavy (non-hydrogen) atoms. The van der Waals surface area contributed by atoms with E-state index in [1.165, 1.54) is 11.3 Å². The molecule has 2 aromatic heterocycles. The SMILES string of the molecule is NCc1cc(-c2cccs2)nn1C(F)F. The van der Waals surface area contributed by atoms with E-state index in [0.29, 0.717) is 16.1 Å². The van der Waals surface area contributed by atoms with Crippen LogP contribution >= 0.6 is 11.3 Å². The summed E-state index contributed by atoms with van der Waals surface area (Å²) in [5.41, 5.74) is 6.25. The number of hydrogen-bond donors (Lipinski definition) is 1. The summed E-state index contributed by atoms with van der Waals surface area (Å²) in [6, 6.07) is 5.28. The van der Waals surface area contributed by atoms with Gasteiger partial charge in [0.05, 0.1) is 10.6 Å². The maximum atomic E-state index is 12.5. The normalized spacial score (nSPS) is 11.2. The molecule has 2 aromatic rings. The van der Waals surface area contributed by atoms with Crippen molar-refractivity contribution in [3.05, 3.63) is 29.3 Å². The molecule has 0 fully saturated rings. The van der Waals surface area contributed by atoms with Gasteiger partial charge in [-0.2, -0.15) is 13.9 Å². The Morgan fingerprint density at radius 3 is 2.80 bits per heavy atom. The second-order valence-electron chi connectivity index (χ2n) is 2.92. The molecule has 0 saturated carbocycles. The fourth-order valence-electron chi connectivity index (χ4n) is 1.30. The van der Waals surface area contributed by atoms with Gasteiger partial charge in [0, 0.05) is 6.54 Å². The average Bonchev–Trinajstić information content (AvgIpc) is 2.86. The van der Waals surface area contributed by atoms with Crippen molar-refractivity contribution >= 4 is 11.3 Å². The van der Waals surface area contributed by atoms with Gasteiger partial charge in [-0.3, -0.25) is 0 Å². The molecule has 0 spiro atoms. The van der Waals surface area contributed by atoms with Crippen molar-refractivity contribution in [3.63, 3.8) is 0 Å². The van der Waals surface area contributed by atoms with Crippen molar-refractivity contribution in [1.82, 2.24) is 9.78 Å². The molecule has 0 bridgehead atoms. The quantitative estimate of drug-likeness (QED) is 0.878. The summed E-state index contributed by atoms with van der Waals surface area (Å²) in [5, 5.41) is 5.69. The number of rotatable bonds is 3. The number of nitrogens with zero attached hydrogens (tertiary/aromatic N) is 2. The Balaban J connectivity index is 2.43. The van der Waals surface area contributed by atoms with Crippen LogP contribution in [0.3, 0.4) is 0 Å². The number of thiophene rings is 1. The van der Waals surface area contributed by atoms with Gasteiger partial charge >= 0.3 is 6.55 Å². The lowest BCUT2D eigenvalue weighted by Gasteiger charge is -2.01. The van der Waals surface area contributed by atoms with Gasteiger partial charge in [0.2, 0.25) is 0 Å². The van der Waals surface area contributed by atoms with E-state index in [0.717, 1.165) is 4.88 Å². The lowest BCUT2D eigenvalue weighted by atomic mass is 10.3. The van der Waals surface area contributed by atoms with Crippen molar-refractivity contribution in [2.45, 2.75) is 13.1 Å². The highest BCUT2D eigenvalue weighted by atomic mass is 32.1. The third-order valence-corrected chi connectivity index (χ3v) is 2.87. The van der Waals surface area contributed by atoms with Crippen molar-refractivity contribution in [2.24, 2.45) is 5.73 Å². The molecule has 2 heterocycles. The van der Waals surface area contributed by atoms with Crippen LogP contribution in [0.25, 0.3) is 10.6 Å². The Bertz CT molecular complexity index is 436. The molecule has 6 heteroatoms. The van der Waals surface area contributed by atoms with Gasteiger partial charge < -0.3 is 5.73 Å². The van der Waals surface area contributed by atoms with Gasteiger partial charge in [0.1, 0.15) is 5.69 Å². The molecule has 0 unspecified atom stereocenters. The van der Waals surface area contributed by atoms with Crippen LogP contribution in [-0.2, 0) is 6.54 Å². The van der Waals surface area contributed by atoms with Crippen LogP contribution < -0.4 is 5.73 Å². The maximum Gasteiger partial charge on any atom is 0.333 e. The Morgan fingerprint density at radius 1 is 1.53 bits per heavy atom.